The van der Waals surface area contributed by atoms with Crippen LogP contribution in [-0.4, -0.2) is 48.5 Å². The molecule has 1 aromatic heterocycles. The standard InChI is InChI=1S/C13H17N5O.ClH/c14-3-1-13(19)18-7-5-17(6-8-18)12-9-11(10-15)2-4-16-12;/h2,4,9H,1,3,5-8,14H2;1H. The van der Waals surface area contributed by atoms with Crippen molar-refractivity contribution in [3.8, 4) is 6.07 Å². The lowest BCUT2D eigenvalue weighted by Crippen LogP contribution is -2.49. The number of nitriles is 1. The van der Waals surface area contributed by atoms with Crippen molar-refractivity contribution in [2.45, 2.75) is 6.42 Å². The normalized spacial score (nSPS) is 14.4. The van der Waals surface area contributed by atoms with Gasteiger partial charge in [-0.3, -0.25) is 4.79 Å². The van der Waals surface area contributed by atoms with Crippen molar-refractivity contribution in [2.24, 2.45) is 5.73 Å². The molecular weight excluding hydrogens is 278 g/mol. The summed E-state index contributed by atoms with van der Waals surface area (Å²) in [5, 5.41) is 8.87. The number of carbonyl (C=O) groups is 1. The molecule has 2 heterocycles. The van der Waals surface area contributed by atoms with Gasteiger partial charge in [-0.15, -0.1) is 12.4 Å². The molecular formula is C13H18ClN5O. The Morgan fingerprint density at radius 2 is 2.10 bits per heavy atom. The van der Waals surface area contributed by atoms with Crippen molar-refractivity contribution in [1.29, 1.82) is 5.26 Å². The van der Waals surface area contributed by atoms with E-state index in [1.54, 1.807) is 18.3 Å². The van der Waals surface area contributed by atoms with E-state index in [1.165, 1.54) is 0 Å². The highest BCUT2D eigenvalue weighted by Gasteiger charge is 2.21. The summed E-state index contributed by atoms with van der Waals surface area (Å²) in [6.45, 7) is 3.22. The van der Waals surface area contributed by atoms with Gasteiger partial charge in [0.2, 0.25) is 5.91 Å². The molecule has 0 aliphatic carbocycles. The molecule has 2 rings (SSSR count). The lowest BCUT2D eigenvalue weighted by atomic mass is 10.2. The number of amides is 1. The van der Waals surface area contributed by atoms with Crippen LogP contribution in [0.3, 0.4) is 0 Å². The van der Waals surface area contributed by atoms with E-state index in [2.05, 4.69) is 16.0 Å². The van der Waals surface area contributed by atoms with Gasteiger partial charge in [-0.1, -0.05) is 0 Å². The van der Waals surface area contributed by atoms with Crippen molar-refractivity contribution in [3.63, 3.8) is 0 Å². The summed E-state index contributed by atoms with van der Waals surface area (Å²) in [7, 11) is 0. The minimum atomic E-state index is 0. The van der Waals surface area contributed by atoms with Crippen molar-refractivity contribution >= 4 is 24.1 Å². The largest absolute Gasteiger partial charge is 0.353 e. The number of nitrogens with zero attached hydrogens (tertiary/aromatic N) is 4. The number of halogens is 1. The highest BCUT2D eigenvalue weighted by Crippen LogP contribution is 2.15. The van der Waals surface area contributed by atoms with Crippen LogP contribution in [0.25, 0.3) is 0 Å². The Kier molecular flexibility index (Phi) is 6.22. The molecule has 20 heavy (non-hydrogen) atoms. The van der Waals surface area contributed by atoms with E-state index in [9.17, 15) is 4.79 Å². The minimum Gasteiger partial charge on any atom is -0.353 e. The molecule has 7 heteroatoms. The fourth-order valence-corrected chi connectivity index (χ4v) is 2.13. The van der Waals surface area contributed by atoms with E-state index in [-0.39, 0.29) is 18.3 Å². The zero-order valence-corrected chi connectivity index (χ0v) is 12.0. The smallest absolute Gasteiger partial charge is 0.223 e. The molecule has 1 aromatic rings. The fraction of sp³-hybridized carbons (Fsp3) is 0.462. The zero-order valence-electron chi connectivity index (χ0n) is 11.2. The molecule has 1 fully saturated rings. The van der Waals surface area contributed by atoms with Crippen molar-refractivity contribution in [2.75, 3.05) is 37.6 Å². The van der Waals surface area contributed by atoms with Gasteiger partial charge in [0.15, 0.2) is 0 Å². The molecule has 0 spiro atoms. The van der Waals surface area contributed by atoms with Gasteiger partial charge >= 0.3 is 0 Å². The second-order valence-electron chi connectivity index (χ2n) is 4.42. The Bertz CT molecular complexity index is 494. The van der Waals surface area contributed by atoms with Crippen molar-refractivity contribution < 1.29 is 4.79 Å². The van der Waals surface area contributed by atoms with Crippen LogP contribution < -0.4 is 10.6 Å². The quantitative estimate of drug-likeness (QED) is 0.871. The lowest BCUT2D eigenvalue weighted by molar-refractivity contribution is -0.131. The average Bonchev–Trinajstić information content (AvgIpc) is 2.48. The number of pyridine rings is 1. The summed E-state index contributed by atoms with van der Waals surface area (Å²) in [4.78, 5) is 19.9. The maximum atomic E-state index is 11.7. The molecule has 0 aromatic carbocycles. The first-order valence-electron chi connectivity index (χ1n) is 6.33. The molecule has 1 aliphatic rings. The number of nitrogens with two attached hydrogens (primary N) is 1. The molecule has 0 radical (unpaired) electrons. The van der Waals surface area contributed by atoms with E-state index in [0.29, 0.717) is 31.6 Å². The van der Waals surface area contributed by atoms with Gasteiger partial charge in [0, 0.05) is 45.3 Å². The second-order valence-corrected chi connectivity index (χ2v) is 4.42. The van der Waals surface area contributed by atoms with Crippen LogP contribution >= 0.6 is 12.4 Å². The summed E-state index contributed by atoms with van der Waals surface area (Å²) in [5.74, 6) is 0.908. The number of hydrogen-bond donors (Lipinski definition) is 1. The first kappa shape index (κ1) is 16.2. The van der Waals surface area contributed by atoms with Gasteiger partial charge in [-0.25, -0.2) is 4.98 Å². The summed E-state index contributed by atoms with van der Waals surface area (Å²) in [6.07, 6.45) is 2.04. The third kappa shape index (κ3) is 3.83. The number of piperazine rings is 1. The number of carbonyl (C=O) groups excluding carboxylic acids is 1. The topological polar surface area (TPSA) is 86.2 Å². The van der Waals surface area contributed by atoms with Gasteiger partial charge in [0.1, 0.15) is 5.82 Å². The minimum absolute atomic E-state index is 0. The third-order valence-corrected chi connectivity index (χ3v) is 3.19. The van der Waals surface area contributed by atoms with Gasteiger partial charge in [-0.05, 0) is 12.1 Å². The predicted molar refractivity (Wildman–Crippen MR) is 78.7 cm³/mol. The SMILES string of the molecule is Cl.N#Cc1ccnc(N2CCN(C(=O)CCN)CC2)c1. The second kappa shape index (κ2) is 7.68. The summed E-state index contributed by atoms with van der Waals surface area (Å²) >= 11 is 0. The molecule has 0 bridgehead atoms. The Morgan fingerprint density at radius 3 is 2.70 bits per heavy atom. The third-order valence-electron chi connectivity index (χ3n) is 3.19. The monoisotopic (exact) mass is 295 g/mol. The average molecular weight is 296 g/mol. The number of rotatable bonds is 3. The number of hydrogen-bond acceptors (Lipinski definition) is 5. The molecule has 0 unspecified atom stereocenters. The van der Waals surface area contributed by atoms with E-state index in [1.807, 2.05) is 4.90 Å². The Morgan fingerprint density at radius 1 is 1.40 bits per heavy atom. The van der Waals surface area contributed by atoms with E-state index in [0.717, 1.165) is 18.9 Å². The molecule has 0 atom stereocenters. The van der Waals surface area contributed by atoms with Gasteiger partial charge in [0.25, 0.3) is 0 Å². The highest BCUT2D eigenvalue weighted by molar-refractivity contribution is 5.85. The van der Waals surface area contributed by atoms with Crippen LogP contribution in [0, 0.1) is 11.3 Å². The maximum Gasteiger partial charge on any atom is 0.223 e. The van der Waals surface area contributed by atoms with Gasteiger partial charge in [0.05, 0.1) is 11.6 Å². The fourth-order valence-electron chi connectivity index (χ4n) is 2.13. The van der Waals surface area contributed by atoms with E-state index in [4.69, 9.17) is 11.0 Å². The Hall–Kier alpha value is -1.84. The molecule has 0 saturated carbocycles. The van der Waals surface area contributed by atoms with Crippen LogP contribution in [0.15, 0.2) is 18.3 Å². The maximum absolute atomic E-state index is 11.7. The first-order chi connectivity index (χ1) is 9.24. The van der Waals surface area contributed by atoms with E-state index < -0.39 is 0 Å². The summed E-state index contributed by atoms with van der Waals surface area (Å²) < 4.78 is 0. The first-order valence-corrected chi connectivity index (χ1v) is 6.33. The van der Waals surface area contributed by atoms with Crippen LogP contribution in [-0.2, 0) is 4.79 Å². The molecule has 6 nitrogen and oxygen atoms in total. The molecule has 108 valence electrons. The Balaban J connectivity index is 0.00000200. The van der Waals surface area contributed by atoms with Crippen LogP contribution in [0.1, 0.15) is 12.0 Å². The molecule has 1 amide bonds. The lowest BCUT2D eigenvalue weighted by Gasteiger charge is -2.35. The molecule has 2 N–H and O–H groups in total. The summed E-state index contributed by atoms with van der Waals surface area (Å²) in [6, 6.07) is 5.57. The van der Waals surface area contributed by atoms with Crippen molar-refractivity contribution in [3.05, 3.63) is 23.9 Å². The predicted octanol–water partition coefficient (Wildman–Crippen LogP) is 0.372. The van der Waals surface area contributed by atoms with Crippen LogP contribution in [0.4, 0.5) is 5.82 Å². The molecule has 1 saturated heterocycles. The highest BCUT2D eigenvalue weighted by atomic mass is 35.5. The molecule has 1 aliphatic heterocycles. The van der Waals surface area contributed by atoms with Crippen molar-refractivity contribution in [1.82, 2.24) is 9.88 Å². The van der Waals surface area contributed by atoms with Crippen LogP contribution in [0.5, 0.6) is 0 Å². The number of anilines is 1. The van der Waals surface area contributed by atoms with Crippen LogP contribution in [0.2, 0.25) is 0 Å². The van der Waals surface area contributed by atoms with Gasteiger partial charge < -0.3 is 15.5 Å². The van der Waals surface area contributed by atoms with E-state index >= 15 is 0 Å². The summed E-state index contributed by atoms with van der Waals surface area (Å²) in [5.41, 5.74) is 5.99. The van der Waals surface area contributed by atoms with Gasteiger partial charge in [-0.2, -0.15) is 5.26 Å². The Labute approximate surface area is 124 Å². The zero-order chi connectivity index (χ0) is 13.7. The number of aromatic nitrogens is 1.